The average Bonchev–Trinajstić information content (AvgIpc) is 3.18. The number of nitrogens with one attached hydrogen (secondary N) is 1. The summed E-state index contributed by atoms with van der Waals surface area (Å²) < 4.78 is 14.3. The maximum Gasteiger partial charge on any atom is 0.207 e. The lowest BCUT2D eigenvalue weighted by atomic mass is 9.74. The van der Waals surface area contributed by atoms with Crippen molar-refractivity contribution in [3.8, 4) is 0 Å². The van der Waals surface area contributed by atoms with Gasteiger partial charge in [-0.2, -0.15) is 0 Å². The number of nitrogens with two attached hydrogens (primary N) is 1. The highest BCUT2D eigenvalue weighted by Crippen LogP contribution is 2.60. The van der Waals surface area contributed by atoms with Gasteiger partial charge < -0.3 is 11.1 Å². The molecule has 2 bridgehead atoms. The van der Waals surface area contributed by atoms with E-state index in [1.807, 2.05) is 0 Å². The summed E-state index contributed by atoms with van der Waals surface area (Å²) in [6, 6.07) is 2.94. The number of carbonyl (C=O) groups is 1. The fourth-order valence-electron chi connectivity index (χ4n) is 4.52. The van der Waals surface area contributed by atoms with E-state index in [1.54, 1.807) is 0 Å². The number of hydrogen-bond donors (Lipinski definition) is 2. The van der Waals surface area contributed by atoms with Gasteiger partial charge in [0.25, 0.3) is 0 Å². The van der Waals surface area contributed by atoms with Crippen molar-refractivity contribution in [2.75, 3.05) is 0 Å². The number of amides is 1. The van der Waals surface area contributed by atoms with Crippen molar-refractivity contribution < 1.29 is 9.18 Å². The fraction of sp³-hybridized carbons (Fsp3) is 0.632. The van der Waals surface area contributed by atoms with Crippen LogP contribution in [0.5, 0.6) is 0 Å². The molecular weight excluding hydrogens is 362 g/mol. The number of carbonyl (C=O) groups excluding carboxylic acids is 1. The second-order valence-electron chi connectivity index (χ2n) is 7.68. The molecule has 3 aliphatic carbocycles. The predicted molar refractivity (Wildman–Crippen MR) is 99.2 cm³/mol. The molecule has 3 nitrogen and oxygen atoms in total. The van der Waals surface area contributed by atoms with Crippen molar-refractivity contribution in [2.45, 2.75) is 63.5 Å². The molecule has 3 N–H and O–H groups in total. The Hall–Kier alpha value is -0.840. The van der Waals surface area contributed by atoms with Crippen molar-refractivity contribution in [3.63, 3.8) is 0 Å². The highest BCUT2D eigenvalue weighted by atomic mass is 35.5. The van der Waals surface area contributed by atoms with Crippen LogP contribution in [0.4, 0.5) is 4.39 Å². The molecule has 0 saturated heterocycles. The highest BCUT2D eigenvalue weighted by Gasteiger charge is 2.51. The maximum absolute atomic E-state index is 14.3. The maximum atomic E-state index is 14.3. The standard InChI is InChI=1S/C15H16Cl2FNO.C4H9N/c16-10-1-2-11(18)12(13(10)17)14(19-8-20)15-5-3-9(7-15)4-6-15;5-4-2-1-3-4/h1-2,8-9,14H,3-7H2,(H,19,20);4H,1-3,5H2. The third-order valence-electron chi connectivity index (χ3n) is 6.16. The molecule has 0 aromatic heterocycles. The molecule has 1 aromatic carbocycles. The van der Waals surface area contributed by atoms with Gasteiger partial charge in [0.15, 0.2) is 0 Å². The van der Waals surface area contributed by atoms with Gasteiger partial charge in [0.05, 0.1) is 16.1 Å². The Kier molecular flexibility index (Phi) is 5.92. The molecule has 6 heteroatoms. The largest absolute Gasteiger partial charge is 0.351 e. The summed E-state index contributed by atoms with van der Waals surface area (Å²) in [5.41, 5.74) is 5.65. The zero-order valence-electron chi connectivity index (χ0n) is 14.2. The second kappa shape index (κ2) is 7.81. The van der Waals surface area contributed by atoms with E-state index in [0.29, 0.717) is 29.0 Å². The Labute approximate surface area is 158 Å². The van der Waals surface area contributed by atoms with Crippen molar-refractivity contribution in [3.05, 3.63) is 33.6 Å². The van der Waals surface area contributed by atoms with Gasteiger partial charge in [-0.25, -0.2) is 4.39 Å². The number of rotatable bonds is 4. The molecule has 0 heterocycles. The molecule has 1 unspecified atom stereocenters. The topological polar surface area (TPSA) is 55.1 Å². The van der Waals surface area contributed by atoms with Gasteiger partial charge in [-0.05, 0) is 68.4 Å². The number of hydrogen-bond acceptors (Lipinski definition) is 2. The summed E-state index contributed by atoms with van der Waals surface area (Å²) in [4.78, 5) is 11.0. The van der Waals surface area contributed by atoms with Crippen molar-refractivity contribution >= 4 is 29.6 Å². The lowest BCUT2D eigenvalue weighted by Crippen LogP contribution is -2.35. The molecule has 3 aliphatic rings. The van der Waals surface area contributed by atoms with Crippen LogP contribution >= 0.6 is 23.2 Å². The third kappa shape index (κ3) is 3.81. The lowest BCUT2D eigenvalue weighted by Gasteiger charge is -2.36. The molecule has 1 atom stereocenters. The third-order valence-corrected chi connectivity index (χ3v) is 6.98. The van der Waals surface area contributed by atoms with E-state index in [1.165, 1.54) is 31.4 Å². The van der Waals surface area contributed by atoms with Crippen LogP contribution in [0, 0.1) is 17.2 Å². The highest BCUT2D eigenvalue weighted by molar-refractivity contribution is 6.42. The van der Waals surface area contributed by atoms with Crippen molar-refractivity contribution in [1.82, 2.24) is 5.32 Å². The van der Waals surface area contributed by atoms with E-state index in [-0.39, 0.29) is 10.4 Å². The summed E-state index contributed by atoms with van der Waals surface area (Å²) in [5.74, 6) is 0.301. The summed E-state index contributed by atoms with van der Waals surface area (Å²) in [6.07, 6.45) is 9.87. The minimum absolute atomic E-state index is 0.0687. The molecule has 4 rings (SSSR count). The van der Waals surface area contributed by atoms with Crippen LogP contribution in [-0.2, 0) is 4.79 Å². The minimum Gasteiger partial charge on any atom is -0.351 e. The van der Waals surface area contributed by atoms with Crippen LogP contribution in [-0.4, -0.2) is 12.5 Å². The normalized spacial score (nSPS) is 28.7. The van der Waals surface area contributed by atoms with Gasteiger partial charge in [-0.1, -0.05) is 29.6 Å². The van der Waals surface area contributed by atoms with Gasteiger partial charge in [-0.3, -0.25) is 4.79 Å². The molecular formula is C19H25Cl2FN2O. The molecule has 1 amide bonds. The summed E-state index contributed by atoms with van der Waals surface area (Å²) in [6.45, 7) is 0. The van der Waals surface area contributed by atoms with E-state index in [9.17, 15) is 9.18 Å². The lowest BCUT2D eigenvalue weighted by molar-refractivity contribution is -0.111. The zero-order valence-corrected chi connectivity index (χ0v) is 15.8. The van der Waals surface area contributed by atoms with Crippen LogP contribution < -0.4 is 11.1 Å². The number of halogens is 3. The van der Waals surface area contributed by atoms with Crippen LogP contribution in [0.2, 0.25) is 10.0 Å². The molecule has 3 saturated carbocycles. The van der Waals surface area contributed by atoms with Gasteiger partial charge >= 0.3 is 0 Å². The Bertz CT molecular complexity index is 628. The molecule has 0 radical (unpaired) electrons. The van der Waals surface area contributed by atoms with Gasteiger partial charge in [0.1, 0.15) is 5.82 Å². The van der Waals surface area contributed by atoms with Crippen LogP contribution in [0.3, 0.4) is 0 Å². The minimum atomic E-state index is -0.400. The SMILES string of the molecule is NC1CCC1.O=CNC(c1c(F)ccc(Cl)c1Cl)C12CCC(CC1)C2. The molecule has 25 heavy (non-hydrogen) atoms. The Balaban J connectivity index is 0.000000314. The summed E-state index contributed by atoms with van der Waals surface area (Å²) >= 11 is 12.2. The Morgan fingerprint density at radius 2 is 1.88 bits per heavy atom. The van der Waals surface area contributed by atoms with E-state index in [4.69, 9.17) is 28.9 Å². The average molecular weight is 387 g/mol. The van der Waals surface area contributed by atoms with E-state index in [2.05, 4.69) is 5.32 Å². The quantitative estimate of drug-likeness (QED) is 0.565. The first-order valence-corrected chi connectivity index (χ1v) is 9.81. The van der Waals surface area contributed by atoms with Crippen LogP contribution in [0.15, 0.2) is 12.1 Å². The molecule has 0 spiro atoms. The number of benzene rings is 1. The zero-order chi connectivity index (χ0) is 18.0. The van der Waals surface area contributed by atoms with Gasteiger partial charge in [0.2, 0.25) is 6.41 Å². The number of fused-ring (bicyclic) bond motifs is 2. The first-order valence-electron chi connectivity index (χ1n) is 9.05. The molecule has 3 fully saturated rings. The van der Waals surface area contributed by atoms with Crippen molar-refractivity contribution in [2.24, 2.45) is 17.1 Å². The van der Waals surface area contributed by atoms with E-state index >= 15 is 0 Å². The van der Waals surface area contributed by atoms with Gasteiger partial charge in [-0.15, -0.1) is 0 Å². The fourth-order valence-corrected chi connectivity index (χ4v) is 4.95. The molecule has 138 valence electrons. The molecule has 0 aliphatic heterocycles. The van der Waals surface area contributed by atoms with E-state index < -0.39 is 11.9 Å². The second-order valence-corrected chi connectivity index (χ2v) is 8.46. The van der Waals surface area contributed by atoms with Crippen LogP contribution in [0.1, 0.15) is 63.0 Å². The van der Waals surface area contributed by atoms with Gasteiger partial charge in [0, 0.05) is 11.6 Å². The first-order chi connectivity index (χ1) is 12.0. The van der Waals surface area contributed by atoms with Crippen molar-refractivity contribution in [1.29, 1.82) is 0 Å². The smallest absolute Gasteiger partial charge is 0.207 e. The Morgan fingerprint density at radius 3 is 2.32 bits per heavy atom. The predicted octanol–water partition coefficient (Wildman–Crippen LogP) is 5.00. The monoisotopic (exact) mass is 386 g/mol. The first kappa shape index (κ1) is 18.9. The van der Waals surface area contributed by atoms with E-state index in [0.717, 1.165) is 32.1 Å². The van der Waals surface area contributed by atoms with Crippen LogP contribution in [0.25, 0.3) is 0 Å². The summed E-state index contributed by atoms with van der Waals surface area (Å²) in [7, 11) is 0. The molecule has 1 aromatic rings. The summed E-state index contributed by atoms with van der Waals surface area (Å²) in [5, 5.41) is 3.35. The Morgan fingerprint density at radius 1 is 1.24 bits per heavy atom.